The maximum atomic E-state index is 12.8. The zero-order chi connectivity index (χ0) is 21.7. The minimum atomic E-state index is -1.35. The monoisotopic (exact) mass is 423 g/mol. The normalized spacial score (nSPS) is 15.2. The number of carbonyl (C=O) groups is 2. The first-order valence-electron chi connectivity index (χ1n) is 9.09. The fourth-order valence-corrected chi connectivity index (χ4v) is 3.64. The van der Waals surface area contributed by atoms with E-state index in [1.807, 2.05) is 12.1 Å². The van der Waals surface area contributed by atoms with Crippen molar-refractivity contribution in [2.75, 3.05) is 0 Å². The molecule has 0 spiro atoms. The molecule has 156 valence electrons. The lowest BCUT2D eigenvalue weighted by Gasteiger charge is -2.14. The molecular weight excluding hydrogens is 410 g/mol. The van der Waals surface area contributed by atoms with E-state index in [9.17, 15) is 24.6 Å². The van der Waals surface area contributed by atoms with Crippen LogP contribution in [0.15, 0.2) is 33.6 Å². The number of rotatable bonds is 4. The Bertz CT molecular complexity index is 1420. The van der Waals surface area contributed by atoms with Gasteiger partial charge in [-0.15, -0.1) is 0 Å². The van der Waals surface area contributed by atoms with Gasteiger partial charge in [-0.1, -0.05) is 27.6 Å². The summed E-state index contributed by atoms with van der Waals surface area (Å²) < 4.78 is 5.37. The van der Waals surface area contributed by atoms with Gasteiger partial charge in [0.05, 0.1) is 6.04 Å². The molecular formula is C18H13N7O6. The molecule has 0 saturated carbocycles. The van der Waals surface area contributed by atoms with Crippen LogP contribution in [0.1, 0.15) is 44.6 Å². The third-order valence-electron chi connectivity index (χ3n) is 5.05. The van der Waals surface area contributed by atoms with Crippen molar-refractivity contribution < 1.29 is 24.3 Å². The van der Waals surface area contributed by atoms with Crippen LogP contribution in [0.25, 0.3) is 17.0 Å². The average Bonchev–Trinajstić information content (AvgIpc) is 3.46. The Morgan fingerprint density at radius 1 is 1.29 bits per heavy atom. The summed E-state index contributed by atoms with van der Waals surface area (Å²) in [4.78, 5) is 41.9. The summed E-state index contributed by atoms with van der Waals surface area (Å²) in [7, 11) is 0. The van der Waals surface area contributed by atoms with E-state index in [-0.39, 0.29) is 23.1 Å². The van der Waals surface area contributed by atoms with Crippen molar-refractivity contribution in [2.24, 2.45) is 0 Å². The molecule has 0 bridgehead atoms. The highest BCUT2D eigenvalue weighted by atomic mass is 16.5. The molecule has 4 aromatic rings. The Kier molecular flexibility index (Phi) is 4.03. The van der Waals surface area contributed by atoms with E-state index in [0.29, 0.717) is 24.2 Å². The van der Waals surface area contributed by atoms with Crippen molar-refractivity contribution >= 4 is 17.5 Å². The molecule has 0 unspecified atom stereocenters. The van der Waals surface area contributed by atoms with E-state index in [2.05, 4.69) is 35.3 Å². The fraction of sp³-hybridized carbons (Fsp3) is 0.167. The van der Waals surface area contributed by atoms with Crippen LogP contribution in [0.5, 0.6) is 5.88 Å². The Balaban J connectivity index is 1.43. The number of nitrogens with one attached hydrogen (secondary N) is 2. The second kappa shape index (κ2) is 6.76. The van der Waals surface area contributed by atoms with Gasteiger partial charge in [0.2, 0.25) is 5.65 Å². The van der Waals surface area contributed by atoms with Gasteiger partial charge in [0.1, 0.15) is 5.69 Å². The highest BCUT2D eigenvalue weighted by Gasteiger charge is 2.27. The minimum Gasteiger partial charge on any atom is -0.489 e. The smallest absolute Gasteiger partial charge is 0.439 e. The predicted octanol–water partition coefficient (Wildman–Crippen LogP) is 0.289. The summed E-state index contributed by atoms with van der Waals surface area (Å²) in [5.41, 5.74) is 1.76. The van der Waals surface area contributed by atoms with E-state index in [1.54, 1.807) is 6.07 Å². The number of hydrogen-bond acceptors (Lipinski definition) is 9. The topological polar surface area (TPSA) is 189 Å². The van der Waals surface area contributed by atoms with Crippen molar-refractivity contribution in [2.45, 2.75) is 18.9 Å². The molecule has 31 heavy (non-hydrogen) atoms. The van der Waals surface area contributed by atoms with Crippen LogP contribution < -0.4 is 11.1 Å². The Hall–Kier alpha value is -4.55. The first-order chi connectivity index (χ1) is 14.9. The fourth-order valence-electron chi connectivity index (χ4n) is 3.64. The number of aromatic carboxylic acids is 1. The van der Waals surface area contributed by atoms with Gasteiger partial charge >= 0.3 is 11.7 Å². The van der Waals surface area contributed by atoms with Gasteiger partial charge < -0.3 is 15.5 Å². The number of benzene rings is 1. The predicted molar refractivity (Wildman–Crippen MR) is 100 cm³/mol. The first-order valence-corrected chi connectivity index (χ1v) is 9.09. The molecule has 0 radical (unpaired) electrons. The third-order valence-corrected chi connectivity index (χ3v) is 5.05. The van der Waals surface area contributed by atoms with Gasteiger partial charge in [0, 0.05) is 11.6 Å². The summed E-state index contributed by atoms with van der Waals surface area (Å²) in [5.74, 6) is -2.87. The van der Waals surface area contributed by atoms with E-state index < -0.39 is 23.5 Å². The maximum absolute atomic E-state index is 12.8. The molecule has 13 heteroatoms. The number of aromatic hydroxyl groups is 1. The molecule has 5 rings (SSSR count). The minimum absolute atomic E-state index is 0.187. The number of aromatic amines is 1. The number of aryl methyl sites for hydroxylation is 1. The van der Waals surface area contributed by atoms with E-state index in [1.165, 1.54) is 0 Å². The van der Waals surface area contributed by atoms with E-state index >= 15 is 0 Å². The van der Waals surface area contributed by atoms with Crippen molar-refractivity contribution in [1.29, 1.82) is 0 Å². The van der Waals surface area contributed by atoms with Gasteiger partial charge in [-0.25, -0.2) is 14.6 Å². The van der Waals surface area contributed by atoms with Crippen molar-refractivity contribution in [3.8, 4) is 17.3 Å². The van der Waals surface area contributed by atoms with Crippen molar-refractivity contribution in [3.63, 3.8) is 0 Å². The summed E-state index contributed by atoms with van der Waals surface area (Å²) in [6.07, 6.45) is 1.30. The molecule has 1 aromatic carbocycles. The molecule has 4 N–H and O–H groups in total. The van der Waals surface area contributed by atoms with E-state index in [4.69, 9.17) is 0 Å². The Morgan fingerprint density at radius 2 is 2.13 bits per heavy atom. The summed E-state index contributed by atoms with van der Waals surface area (Å²) in [6, 6.07) is 6.18. The largest absolute Gasteiger partial charge is 0.489 e. The number of H-pyrrole nitrogens is 1. The lowest BCUT2D eigenvalue weighted by atomic mass is 10.0. The maximum Gasteiger partial charge on any atom is 0.439 e. The number of amides is 1. The van der Waals surface area contributed by atoms with Gasteiger partial charge in [-0.2, -0.15) is 4.52 Å². The van der Waals surface area contributed by atoms with E-state index in [0.717, 1.165) is 21.7 Å². The molecule has 1 aliphatic carbocycles. The van der Waals surface area contributed by atoms with Crippen LogP contribution in [-0.2, 0) is 6.42 Å². The van der Waals surface area contributed by atoms with Crippen molar-refractivity contribution in [3.05, 3.63) is 57.3 Å². The quantitative estimate of drug-likeness (QED) is 0.355. The third kappa shape index (κ3) is 3.08. The molecule has 1 atom stereocenters. The average molecular weight is 423 g/mol. The van der Waals surface area contributed by atoms with Crippen LogP contribution in [-0.4, -0.2) is 52.0 Å². The molecule has 0 saturated heterocycles. The molecule has 1 amide bonds. The molecule has 13 nitrogen and oxygen atoms in total. The number of carbonyl (C=O) groups excluding carboxylic acids is 1. The molecule has 0 fully saturated rings. The highest BCUT2D eigenvalue weighted by molar-refractivity contribution is 5.96. The van der Waals surface area contributed by atoms with Gasteiger partial charge in [-0.3, -0.25) is 14.3 Å². The standard InChI is InChI=1S/C18H13N7O6/c26-15(11-6-12(17(28)29)25-14(19-11)16(27)22-24-25)20-10-4-2-7-5-8(1-3-9(7)10)13-21-18(30)31-23-13/h1,3,5-6,10,27H,2,4H2,(H,20,26)(H,28,29)(H,21,23,30)/t10-/m0/s1. The second-order valence-corrected chi connectivity index (χ2v) is 6.90. The molecule has 1 aliphatic rings. The Labute approximate surface area is 171 Å². The van der Waals surface area contributed by atoms with Crippen LogP contribution in [0.2, 0.25) is 0 Å². The van der Waals surface area contributed by atoms with Crippen LogP contribution in [0, 0.1) is 0 Å². The lowest BCUT2D eigenvalue weighted by molar-refractivity contribution is 0.0687. The number of aromatic nitrogens is 6. The number of carboxylic acids is 1. The molecule has 3 aromatic heterocycles. The first kappa shape index (κ1) is 18.5. The van der Waals surface area contributed by atoms with Crippen molar-refractivity contribution in [1.82, 2.24) is 35.3 Å². The highest BCUT2D eigenvalue weighted by Crippen LogP contribution is 2.33. The summed E-state index contributed by atoms with van der Waals surface area (Å²) >= 11 is 0. The molecule has 3 heterocycles. The second-order valence-electron chi connectivity index (χ2n) is 6.90. The zero-order valence-corrected chi connectivity index (χ0v) is 15.6. The van der Waals surface area contributed by atoms with Gasteiger partial charge in [-0.05, 0) is 30.0 Å². The number of nitrogens with zero attached hydrogens (tertiary/aromatic N) is 5. The number of hydrogen-bond donors (Lipinski definition) is 4. The van der Waals surface area contributed by atoms with Crippen LogP contribution >= 0.6 is 0 Å². The SMILES string of the molecule is O=C(N[C@H]1CCc2cc(-c3noc(=O)[nH]3)ccc21)c1cc(C(=O)O)n2nnc(O)c2n1. The van der Waals surface area contributed by atoms with Gasteiger partial charge in [0.15, 0.2) is 11.5 Å². The summed E-state index contributed by atoms with van der Waals surface area (Å²) in [6.45, 7) is 0. The number of carboxylic acid groups (broad SMARTS) is 1. The van der Waals surface area contributed by atoms with Crippen LogP contribution in [0.3, 0.4) is 0 Å². The molecule has 0 aliphatic heterocycles. The number of fused-ring (bicyclic) bond motifs is 2. The summed E-state index contributed by atoms with van der Waals surface area (Å²) in [5, 5.41) is 32.5. The zero-order valence-electron chi connectivity index (χ0n) is 15.6. The lowest BCUT2D eigenvalue weighted by Crippen LogP contribution is -2.28. The van der Waals surface area contributed by atoms with Crippen LogP contribution in [0.4, 0.5) is 0 Å². The Morgan fingerprint density at radius 3 is 2.87 bits per heavy atom. The van der Waals surface area contributed by atoms with Gasteiger partial charge in [0.25, 0.3) is 11.8 Å².